The second-order valence-corrected chi connectivity index (χ2v) is 2.89. The summed E-state index contributed by atoms with van der Waals surface area (Å²) in [5, 5.41) is 8.61. The Morgan fingerprint density at radius 1 is 1.50 bits per heavy atom. The van der Waals surface area contributed by atoms with Gasteiger partial charge in [-0.05, 0) is 19.4 Å². The van der Waals surface area contributed by atoms with Gasteiger partial charge in [-0.25, -0.2) is 0 Å². The van der Waals surface area contributed by atoms with E-state index in [9.17, 15) is 0 Å². The molecule has 0 saturated heterocycles. The highest BCUT2D eigenvalue weighted by molar-refractivity contribution is 5.64. The Morgan fingerprint density at radius 2 is 2.21 bits per heavy atom. The van der Waals surface area contributed by atoms with Gasteiger partial charge in [-0.15, -0.1) is 0 Å². The Labute approximate surface area is 84.4 Å². The number of ether oxygens (including phenoxy) is 1. The molecule has 2 heteroatoms. The van der Waals surface area contributed by atoms with Gasteiger partial charge >= 0.3 is 0 Å². The molecule has 0 spiro atoms. The minimum Gasteiger partial charge on any atom is -0.492 e. The third-order valence-corrected chi connectivity index (χ3v) is 1.91. The van der Waals surface area contributed by atoms with Gasteiger partial charge in [0, 0.05) is 5.56 Å². The van der Waals surface area contributed by atoms with Crippen LogP contribution >= 0.6 is 0 Å². The van der Waals surface area contributed by atoms with Gasteiger partial charge in [-0.2, -0.15) is 5.26 Å². The van der Waals surface area contributed by atoms with Gasteiger partial charge in [0.25, 0.3) is 0 Å². The summed E-state index contributed by atoms with van der Waals surface area (Å²) in [7, 11) is 0. The minimum absolute atomic E-state index is 0.571. The molecule has 0 aromatic heterocycles. The maximum atomic E-state index is 8.61. The van der Waals surface area contributed by atoms with E-state index in [0.29, 0.717) is 12.4 Å². The van der Waals surface area contributed by atoms with Crippen LogP contribution in [0.25, 0.3) is 5.76 Å². The predicted octanol–water partition coefficient (Wildman–Crippen LogP) is 2.90. The molecule has 0 unspecified atom stereocenters. The average molecular weight is 187 g/mol. The first-order valence-corrected chi connectivity index (χ1v) is 4.58. The molecular formula is C12H13NO. The molecule has 2 nitrogen and oxygen atoms in total. The fraction of sp³-hybridized carbons (Fsp3) is 0.250. The van der Waals surface area contributed by atoms with Crippen molar-refractivity contribution < 1.29 is 4.74 Å². The van der Waals surface area contributed by atoms with Crippen LogP contribution in [0.1, 0.15) is 18.1 Å². The highest BCUT2D eigenvalue weighted by Crippen LogP contribution is 2.19. The molecule has 0 aliphatic heterocycles. The van der Waals surface area contributed by atoms with Crippen molar-refractivity contribution in [2.45, 2.75) is 13.8 Å². The van der Waals surface area contributed by atoms with Crippen molar-refractivity contribution in [3.8, 4) is 6.07 Å². The Balaban J connectivity index is 3.07. The van der Waals surface area contributed by atoms with Gasteiger partial charge in [-0.1, -0.05) is 24.3 Å². The smallest absolute Gasteiger partial charge is 0.137 e. The topological polar surface area (TPSA) is 33.0 Å². The fourth-order valence-electron chi connectivity index (χ4n) is 1.26. The van der Waals surface area contributed by atoms with Gasteiger partial charge in [0.15, 0.2) is 0 Å². The summed E-state index contributed by atoms with van der Waals surface area (Å²) in [6, 6.07) is 9.85. The van der Waals surface area contributed by atoms with E-state index in [-0.39, 0.29) is 0 Å². The highest BCUT2D eigenvalue weighted by Gasteiger charge is 2.04. The zero-order valence-corrected chi connectivity index (χ0v) is 8.45. The van der Waals surface area contributed by atoms with E-state index in [1.807, 2.05) is 44.2 Å². The molecule has 0 saturated carbocycles. The summed E-state index contributed by atoms with van der Waals surface area (Å²) < 4.78 is 5.39. The summed E-state index contributed by atoms with van der Waals surface area (Å²) in [6.07, 6.45) is 1.44. The van der Waals surface area contributed by atoms with Crippen molar-refractivity contribution in [3.63, 3.8) is 0 Å². The molecule has 1 aromatic rings. The predicted molar refractivity (Wildman–Crippen MR) is 56.4 cm³/mol. The molecule has 0 amide bonds. The summed E-state index contributed by atoms with van der Waals surface area (Å²) in [4.78, 5) is 0. The average Bonchev–Trinajstić information content (AvgIpc) is 2.18. The van der Waals surface area contributed by atoms with Gasteiger partial charge in [0.1, 0.15) is 5.76 Å². The maximum absolute atomic E-state index is 8.61. The van der Waals surface area contributed by atoms with Gasteiger partial charge in [0.05, 0.1) is 18.8 Å². The zero-order valence-electron chi connectivity index (χ0n) is 8.45. The number of hydrogen-bond acceptors (Lipinski definition) is 2. The Morgan fingerprint density at radius 3 is 2.79 bits per heavy atom. The molecule has 0 radical (unpaired) electrons. The van der Waals surface area contributed by atoms with Crippen molar-refractivity contribution >= 4 is 5.76 Å². The SMILES string of the molecule is CCO/C(=C\C#N)c1ccccc1C. The number of aryl methyl sites for hydroxylation is 1. The summed E-state index contributed by atoms with van der Waals surface area (Å²) >= 11 is 0. The number of nitriles is 1. The van der Waals surface area contributed by atoms with E-state index in [1.165, 1.54) is 6.08 Å². The molecule has 0 bridgehead atoms. The summed E-state index contributed by atoms with van der Waals surface area (Å²) in [6.45, 7) is 4.48. The van der Waals surface area contributed by atoms with Crippen LogP contribution in [0.15, 0.2) is 30.3 Å². The highest BCUT2D eigenvalue weighted by atomic mass is 16.5. The van der Waals surface area contributed by atoms with Crippen LogP contribution in [0.3, 0.4) is 0 Å². The zero-order chi connectivity index (χ0) is 10.4. The van der Waals surface area contributed by atoms with Crippen LogP contribution in [0, 0.1) is 18.3 Å². The van der Waals surface area contributed by atoms with E-state index < -0.39 is 0 Å². The summed E-state index contributed by atoms with van der Waals surface area (Å²) in [5.74, 6) is 0.646. The van der Waals surface area contributed by atoms with Gasteiger partial charge in [0.2, 0.25) is 0 Å². The number of hydrogen-bond donors (Lipinski definition) is 0. The number of allylic oxidation sites excluding steroid dienone is 1. The molecule has 1 rings (SSSR count). The van der Waals surface area contributed by atoms with E-state index in [1.54, 1.807) is 0 Å². The van der Waals surface area contributed by atoms with Gasteiger partial charge in [-0.3, -0.25) is 0 Å². The minimum atomic E-state index is 0.571. The first kappa shape index (κ1) is 10.3. The van der Waals surface area contributed by atoms with E-state index >= 15 is 0 Å². The quantitative estimate of drug-likeness (QED) is 0.538. The molecule has 0 atom stereocenters. The Bertz CT molecular complexity index is 374. The summed E-state index contributed by atoms with van der Waals surface area (Å²) in [5.41, 5.74) is 2.10. The van der Waals surface area contributed by atoms with E-state index in [0.717, 1.165) is 11.1 Å². The van der Waals surface area contributed by atoms with Crippen molar-refractivity contribution in [3.05, 3.63) is 41.5 Å². The Hall–Kier alpha value is -1.75. The second kappa shape index (κ2) is 5.08. The lowest BCUT2D eigenvalue weighted by atomic mass is 10.1. The van der Waals surface area contributed by atoms with Crippen LogP contribution in [-0.2, 0) is 4.74 Å². The van der Waals surface area contributed by atoms with E-state index in [2.05, 4.69) is 0 Å². The lowest BCUT2D eigenvalue weighted by molar-refractivity contribution is 0.298. The number of rotatable bonds is 3. The molecule has 0 aliphatic rings. The normalized spacial score (nSPS) is 10.8. The third-order valence-electron chi connectivity index (χ3n) is 1.91. The molecule has 0 N–H and O–H groups in total. The first-order chi connectivity index (χ1) is 6.79. The lowest BCUT2D eigenvalue weighted by Gasteiger charge is -2.09. The van der Waals surface area contributed by atoms with Crippen LogP contribution in [-0.4, -0.2) is 6.61 Å². The molecule has 14 heavy (non-hydrogen) atoms. The Kier molecular flexibility index (Phi) is 3.75. The number of nitrogens with zero attached hydrogens (tertiary/aromatic N) is 1. The van der Waals surface area contributed by atoms with Crippen LogP contribution in [0.2, 0.25) is 0 Å². The number of benzene rings is 1. The van der Waals surface area contributed by atoms with Crippen molar-refractivity contribution in [1.29, 1.82) is 5.26 Å². The van der Waals surface area contributed by atoms with Crippen molar-refractivity contribution in [2.24, 2.45) is 0 Å². The van der Waals surface area contributed by atoms with Crippen molar-refractivity contribution in [2.75, 3.05) is 6.61 Å². The largest absolute Gasteiger partial charge is 0.492 e. The van der Waals surface area contributed by atoms with E-state index in [4.69, 9.17) is 10.00 Å². The monoisotopic (exact) mass is 187 g/mol. The van der Waals surface area contributed by atoms with Crippen LogP contribution < -0.4 is 0 Å². The standard InChI is InChI=1S/C12H13NO/c1-3-14-12(8-9-13)11-7-5-4-6-10(11)2/h4-8H,3H2,1-2H3/b12-8-. The fourth-order valence-corrected chi connectivity index (χ4v) is 1.26. The molecule has 1 aromatic carbocycles. The second-order valence-electron chi connectivity index (χ2n) is 2.89. The maximum Gasteiger partial charge on any atom is 0.137 e. The molecule has 72 valence electrons. The third kappa shape index (κ3) is 2.37. The van der Waals surface area contributed by atoms with Crippen LogP contribution in [0.4, 0.5) is 0 Å². The van der Waals surface area contributed by atoms with Crippen LogP contribution in [0.5, 0.6) is 0 Å². The van der Waals surface area contributed by atoms with Crippen molar-refractivity contribution in [1.82, 2.24) is 0 Å². The molecular weight excluding hydrogens is 174 g/mol. The molecule has 0 fully saturated rings. The first-order valence-electron chi connectivity index (χ1n) is 4.58. The molecule has 0 aliphatic carbocycles. The molecule has 0 heterocycles. The lowest BCUT2D eigenvalue weighted by Crippen LogP contribution is -1.93. The van der Waals surface area contributed by atoms with Gasteiger partial charge < -0.3 is 4.74 Å².